The molecule has 136 valence electrons. The molecule has 1 heterocycles. The van der Waals surface area contributed by atoms with Crippen LogP contribution in [0, 0.1) is 5.82 Å². The van der Waals surface area contributed by atoms with Gasteiger partial charge in [0.05, 0.1) is 0 Å². The second kappa shape index (κ2) is 8.32. The molecule has 1 amide bonds. The second-order valence-corrected chi connectivity index (χ2v) is 6.71. The number of amides is 1. The molecule has 0 N–H and O–H groups in total. The van der Waals surface area contributed by atoms with Gasteiger partial charge in [0, 0.05) is 55.3 Å². The highest BCUT2D eigenvalue weighted by atomic mass is 35.5. The van der Waals surface area contributed by atoms with E-state index in [1.807, 2.05) is 24.3 Å². The molecule has 1 fully saturated rings. The lowest BCUT2D eigenvalue weighted by molar-refractivity contribution is -0.131. The molecule has 0 aliphatic carbocycles. The highest BCUT2D eigenvalue weighted by molar-refractivity contribution is 6.30. The van der Waals surface area contributed by atoms with Crippen molar-refractivity contribution in [3.05, 3.63) is 64.9 Å². The first-order valence-electron chi connectivity index (χ1n) is 8.60. The smallest absolute Gasteiger partial charge is 0.223 e. The van der Waals surface area contributed by atoms with Crippen LogP contribution in [0.3, 0.4) is 0 Å². The number of halogens is 2. The van der Waals surface area contributed by atoms with E-state index >= 15 is 0 Å². The van der Waals surface area contributed by atoms with Crippen molar-refractivity contribution < 1.29 is 14.0 Å². The number of hydrogen-bond acceptors (Lipinski definition) is 3. The van der Waals surface area contributed by atoms with Gasteiger partial charge in [-0.3, -0.25) is 9.59 Å². The molecule has 0 atom stereocenters. The molecule has 3 rings (SSSR count). The van der Waals surface area contributed by atoms with Crippen LogP contribution in [0.25, 0.3) is 0 Å². The van der Waals surface area contributed by atoms with E-state index in [2.05, 4.69) is 4.90 Å². The normalized spacial score (nSPS) is 14.4. The predicted octanol–water partition coefficient (Wildman–Crippen LogP) is 3.79. The maximum atomic E-state index is 12.9. The van der Waals surface area contributed by atoms with Gasteiger partial charge in [-0.2, -0.15) is 0 Å². The van der Waals surface area contributed by atoms with Crippen LogP contribution in [0.2, 0.25) is 5.02 Å². The van der Waals surface area contributed by atoms with Gasteiger partial charge in [0.15, 0.2) is 5.78 Å². The predicted molar refractivity (Wildman–Crippen MR) is 100 cm³/mol. The van der Waals surface area contributed by atoms with Crippen LogP contribution < -0.4 is 4.90 Å². The van der Waals surface area contributed by atoms with Crippen LogP contribution in [0.1, 0.15) is 23.2 Å². The summed E-state index contributed by atoms with van der Waals surface area (Å²) in [7, 11) is 0. The summed E-state index contributed by atoms with van der Waals surface area (Å²) in [6, 6.07) is 13.1. The molecule has 0 unspecified atom stereocenters. The molecule has 0 aromatic heterocycles. The van der Waals surface area contributed by atoms with E-state index in [0.29, 0.717) is 23.7 Å². The Hall–Kier alpha value is -2.40. The van der Waals surface area contributed by atoms with E-state index in [1.54, 1.807) is 4.90 Å². The van der Waals surface area contributed by atoms with Gasteiger partial charge in [0.25, 0.3) is 0 Å². The first kappa shape index (κ1) is 18.4. The summed E-state index contributed by atoms with van der Waals surface area (Å²) in [4.78, 5) is 28.4. The minimum atomic E-state index is -0.379. The topological polar surface area (TPSA) is 40.6 Å². The summed E-state index contributed by atoms with van der Waals surface area (Å²) >= 11 is 6.03. The van der Waals surface area contributed by atoms with Gasteiger partial charge in [-0.25, -0.2) is 4.39 Å². The number of Topliss-reactive ketones (excluding diaryl/α,β-unsaturated/α-hetero) is 1. The minimum absolute atomic E-state index is 0.0220. The Morgan fingerprint density at radius 2 is 1.65 bits per heavy atom. The van der Waals surface area contributed by atoms with Crippen molar-refractivity contribution in [2.24, 2.45) is 0 Å². The summed E-state index contributed by atoms with van der Waals surface area (Å²) in [5.74, 6) is -0.544. The standard InChI is InChI=1S/C20H20ClFN2O2/c21-16-2-1-3-18(14-16)23-10-12-24(13-11-23)20(26)9-8-19(25)15-4-6-17(22)7-5-15/h1-7,14H,8-13H2. The summed E-state index contributed by atoms with van der Waals surface area (Å²) in [5, 5.41) is 0.695. The van der Waals surface area contributed by atoms with E-state index in [0.717, 1.165) is 18.8 Å². The van der Waals surface area contributed by atoms with Gasteiger partial charge in [-0.1, -0.05) is 17.7 Å². The van der Waals surface area contributed by atoms with E-state index in [1.165, 1.54) is 24.3 Å². The third kappa shape index (κ3) is 4.61. The fourth-order valence-corrected chi connectivity index (χ4v) is 3.23. The summed E-state index contributed by atoms with van der Waals surface area (Å²) in [6.45, 7) is 2.71. The number of benzene rings is 2. The molecule has 1 saturated heterocycles. The van der Waals surface area contributed by atoms with Gasteiger partial charge < -0.3 is 9.80 Å². The summed E-state index contributed by atoms with van der Waals surface area (Å²) in [5.41, 5.74) is 1.49. The van der Waals surface area contributed by atoms with E-state index in [-0.39, 0.29) is 30.3 Å². The molecule has 6 heteroatoms. The zero-order valence-electron chi connectivity index (χ0n) is 14.3. The lowest BCUT2D eigenvalue weighted by atomic mass is 10.1. The van der Waals surface area contributed by atoms with Crippen LogP contribution in [-0.2, 0) is 4.79 Å². The van der Waals surface area contributed by atoms with Crippen molar-refractivity contribution in [3.63, 3.8) is 0 Å². The molecule has 0 saturated carbocycles. The maximum absolute atomic E-state index is 12.9. The van der Waals surface area contributed by atoms with Crippen LogP contribution in [0.4, 0.5) is 10.1 Å². The molecule has 0 bridgehead atoms. The van der Waals surface area contributed by atoms with Crippen molar-refractivity contribution in [2.45, 2.75) is 12.8 Å². The van der Waals surface area contributed by atoms with Crippen LogP contribution in [-0.4, -0.2) is 42.8 Å². The molecule has 2 aromatic rings. The van der Waals surface area contributed by atoms with Gasteiger partial charge in [-0.05, 0) is 42.5 Å². The Bertz CT molecular complexity index is 787. The van der Waals surface area contributed by atoms with Gasteiger partial charge >= 0.3 is 0 Å². The first-order valence-corrected chi connectivity index (χ1v) is 8.98. The van der Waals surface area contributed by atoms with Crippen molar-refractivity contribution in [3.8, 4) is 0 Å². The van der Waals surface area contributed by atoms with Crippen molar-refractivity contribution in [1.29, 1.82) is 0 Å². The molecule has 26 heavy (non-hydrogen) atoms. The summed E-state index contributed by atoms with van der Waals surface area (Å²) < 4.78 is 12.9. The van der Waals surface area contributed by atoms with Gasteiger partial charge in [-0.15, -0.1) is 0 Å². The average Bonchev–Trinajstić information content (AvgIpc) is 2.66. The first-order chi connectivity index (χ1) is 12.5. The van der Waals surface area contributed by atoms with Crippen molar-refractivity contribution >= 4 is 29.0 Å². The lowest BCUT2D eigenvalue weighted by Crippen LogP contribution is -2.48. The zero-order valence-corrected chi connectivity index (χ0v) is 15.1. The Morgan fingerprint density at radius 1 is 0.962 bits per heavy atom. The van der Waals surface area contributed by atoms with Crippen LogP contribution in [0.15, 0.2) is 48.5 Å². The van der Waals surface area contributed by atoms with Crippen molar-refractivity contribution in [2.75, 3.05) is 31.1 Å². The SMILES string of the molecule is O=C(CCC(=O)N1CCN(c2cccc(Cl)c2)CC1)c1ccc(F)cc1. The van der Waals surface area contributed by atoms with Crippen molar-refractivity contribution in [1.82, 2.24) is 4.90 Å². The molecule has 1 aliphatic rings. The Morgan fingerprint density at radius 3 is 2.31 bits per heavy atom. The molecule has 2 aromatic carbocycles. The summed E-state index contributed by atoms with van der Waals surface area (Å²) in [6.07, 6.45) is 0.312. The third-order valence-electron chi connectivity index (χ3n) is 4.54. The lowest BCUT2D eigenvalue weighted by Gasteiger charge is -2.36. The van der Waals surface area contributed by atoms with Gasteiger partial charge in [0.1, 0.15) is 5.82 Å². The Balaban J connectivity index is 1.47. The largest absolute Gasteiger partial charge is 0.368 e. The zero-order chi connectivity index (χ0) is 18.5. The number of carbonyl (C=O) groups excluding carboxylic acids is 2. The highest BCUT2D eigenvalue weighted by Crippen LogP contribution is 2.21. The number of hydrogen-bond donors (Lipinski definition) is 0. The van der Waals surface area contributed by atoms with E-state index in [4.69, 9.17) is 11.6 Å². The highest BCUT2D eigenvalue weighted by Gasteiger charge is 2.22. The number of ketones is 1. The molecule has 4 nitrogen and oxygen atoms in total. The van der Waals surface area contributed by atoms with Crippen LogP contribution >= 0.6 is 11.6 Å². The molecule has 0 spiro atoms. The number of rotatable bonds is 5. The average molecular weight is 375 g/mol. The van der Waals surface area contributed by atoms with Gasteiger partial charge in [0.2, 0.25) is 5.91 Å². The monoisotopic (exact) mass is 374 g/mol. The molecular weight excluding hydrogens is 355 g/mol. The fraction of sp³-hybridized carbons (Fsp3) is 0.300. The second-order valence-electron chi connectivity index (χ2n) is 6.28. The maximum Gasteiger partial charge on any atom is 0.223 e. The number of anilines is 1. The number of carbonyl (C=O) groups is 2. The third-order valence-corrected chi connectivity index (χ3v) is 4.77. The Kier molecular flexibility index (Phi) is 5.89. The van der Waals surface area contributed by atoms with Crippen LogP contribution in [0.5, 0.6) is 0 Å². The quantitative estimate of drug-likeness (QED) is 0.747. The minimum Gasteiger partial charge on any atom is -0.368 e. The van der Waals surface area contributed by atoms with E-state index in [9.17, 15) is 14.0 Å². The number of piperazine rings is 1. The van der Waals surface area contributed by atoms with E-state index < -0.39 is 0 Å². The fourth-order valence-electron chi connectivity index (χ4n) is 3.05. The number of nitrogens with zero attached hydrogens (tertiary/aromatic N) is 2. The molecular formula is C20H20ClFN2O2. The Labute approximate surface area is 157 Å². The molecule has 0 radical (unpaired) electrons. The molecule has 1 aliphatic heterocycles.